The summed E-state index contributed by atoms with van der Waals surface area (Å²) in [4.78, 5) is 50.2. The van der Waals surface area contributed by atoms with E-state index in [2.05, 4.69) is 19.6 Å². The van der Waals surface area contributed by atoms with E-state index < -0.39 is 19.2 Å². The molecule has 0 radical (unpaired) electrons. The van der Waals surface area contributed by atoms with E-state index >= 15 is 0 Å². The number of ether oxygens (including phenoxy) is 1. The van der Waals surface area contributed by atoms with Crippen molar-refractivity contribution in [2.24, 2.45) is 5.92 Å². The van der Waals surface area contributed by atoms with E-state index in [0.29, 0.717) is 28.1 Å². The summed E-state index contributed by atoms with van der Waals surface area (Å²) in [5, 5.41) is 10.8. The molecule has 2 aliphatic heterocycles. The smallest absolute Gasteiger partial charge is 0.356 e. The first-order chi connectivity index (χ1) is 15.9. The van der Waals surface area contributed by atoms with E-state index in [1.54, 1.807) is 6.92 Å². The van der Waals surface area contributed by atoms with Crippen LogP contribution in [0.15, 0.2) is 45.8 Å². The van der Waals surface area contributed by atoms with Gasteiger partial charge in [0.2, 0.25) is 5.91 Å². The van der Waals surface area contributed by atoms with Gasteiger partial charge in [-0.3, -0.25) is 19.7 Å². The third kappa shape index (κ3) is 5.65. The Morgan fingerprint density at radius 2 is 1.97 bits per heavy atom. The van der Waals surface area contributed by atoms with Gasteiger partial charge >= 0.3 is 5.97 Å². The van der Waals surface area contributed by atoms with Gasteiger partial charge in [0.15, 0.2) is 8.32 Å². The van der Waals surface area contributed by atoms with E-state index in [0.717, 1.165) is 0 Å². The quantitative estimate of drug-likeness (QED) is 0.0887. The summed E-state index contributed by atoms with van der Waals surface area (Å²) in [5.74, 6) is -1.17. The molecule has 1 aromatic carbocycles. The van der Waals surface area contributed by atoms with Crippen LogP contribution in [0.2, 0.25) is 19.6 Å². The minimum absolute atomic E-state index is 0.0561. The number of nitro benzene ring substituents is 1. The van der Waals surface area contributed by atoms with Crippen LogP contribution in [0.1, 0.15) is 25.8 Å². The summed E-state index contributed by atoms with van der Waals surface area (Å²) in [6, 6.07) is 5.51. The van der Waals surface area contributed by atoms with E-state index in [4.69, 9.17) is 9.16 Å². The number of fused-ring (bicyclic) bond motifs is 1. The highest BCUT2D eigenvalue weighted by molar-refractivity contribution is 8.06. The minimum Gasteiger partial charge on any atom is -0.456 e. The van der Waals surface area contributed by atoms with Crippen molar-refractivity contribution in [1.82, 2.24) is 4.90 Å². The molecule has 0 bridgehead atoms. The average molecular weight is 505 g/mol. The van der Waals surface area contributed by atoms with Gasteiger partial charge in [-0.2, -0.15) is 0 Å². The molecule has 0 N–H and O–H groups in total. The van der Waals surface area contributed by atoms with Gasteiger partial charge in [0.25, 0.3) is 5.69 Å². The van der Waals surface area contributed by atoms with Crippen molar-refractivity contribution in [2.75, 3.05) is 0 Å². The number of carbonyl (C=O) groups is 3. The molecule has 2 aliphatic rings. The van der Waals surface area contributed by atoms with Gasteiger partial charge in [-0.25, -0.2) is 4.79 Å². The Morgan fingerprint density at radius 1 is 1.32 bits per heavy atom. The third-order valence-electron chi connectivity index (χ3n) is 5.51. The number of hydrogen-bond donors (Lipinski definition) is 0. The Balaban J connectivity index is 1.79. The second kappa shape index (κ2) is 10.2. The molecule has 1 amide bonds. The summed E-state index contributed by atoms with van der Waals surface area (Å²) in [6.07, 6.45) is 2.29. The van der Waals surface area contributed by atoms with Crippen LogP contribution in [0, 0.1) is 16.0 Å². The number of rotatable bonds is 10. The molecule has 1 aromatic rings. The zero-order chi connectivity index (χ0) is 25.2. The molecule has 182 valence electrons. The maximum Gasteiger partial charge on any atom is 0.356 e. The van der Waals surface area contributed by atoms with Crippen LogP contribution >= 0.6 is 11.8 Å². The molecule has 3 rings (SSSR count). The zero-order valence-electron chi connectivity index (χ0n) is 19.8. The zero-order valence-corrected chi connectivity index (χ0v) is 21.6. The topological polar surface area (TPSA) is 116 Å². The van der Waals surface area contributed by atoms with E-state index in [-0.39, 0.29) is 42.0 Å². The number of thioether (sulfide) groups is 1. The molecular formula is C23H28N2O7SSi. The maximum atomic E-state index is 13.1. The van der Waals surface area contributed by atoms with Gasteiger partial charge in [-0.1, -0.05) is 11.8 Å². The molecule has 0 spiro atoms. The summed E-state index contributed by atoms with van der Waals surface area (Å²) >= 11 is 1.28. The molecule has 0 aromatic heterocycles. The number of allylic oxidation sites excluding steroid dienone is 2. The maximum absolute atomic E-state index is 13.1. The van der Waals surface area contributed by atoms with Crippen LogP contribution in [0.3, 0.4) is 0 Å². The lowest BCUT2D eigenvalue weighted by atomic mass is 9.83. The number of carbonyl (C=O) groups excluding carboxylic acids is 3. The Kier molecular flexibility index (Phi) is 7.79. The predicted octanol–water partition coefficient (Wildman–Crippen LogP) is 4.16. The number of nitrogens with zero attached hydrogens (tertiary/aromatic N) is 2. The van der Waals surface area contributed by atoms with Gasteiger partial charge in [0, 0.05) is 23.5 Å². The van der Waals surface area contributed by atoms with Crippen molar-refractivity contribution in [3.63, 3.8) is 0 Å². The third-order valence-corrected chi connectivity index (χ3v) is 7.65. The number of benzene rings is 1. The molecule has 0 aliphatic carbocycles. The number of amides is 1. The second-order valence-corrected chi connectivity index (χ2v) is 15.0. The fraction of sp³-hybridized carbons (Fsp3) is 0.435. The predicted molar refractivity (Wildman–Crippen MR) is 130 cm³/mol. The summed E-state index contributed by atoms with van der Waals surface area (Å²) in [5.41, 5.74) is 0.724. The van der Waals surface area contributed by atoms with Gasteiger partial charge in [0.05, 0.1) is 23.0 Å². The van der Waals surface area contributed by atoms with Crippen LogP contribution in [-0.2, 0) is 30.2 Å². The largest absolute Gasteiger partial charge is 0.456 e. The van der Waals surface area contributed by atoms with Gasteiger partial charge in [-0.05, 0) is 62.2 Å². The molecule has 11 heteroatoms. The number of β-lactam (4-membered cyclic amide) rings is 1. The number of hydrogen-bond acceptors (Lipinski definition) is 8. The lowest BCUT2D eigenvalue weighted by Crippen LogP contribution is -2.63. The highest BCUT2D eigenvalue weighted by atomic mass is 32.2. The lowest BCUT2D eigenvalue weighted by Gasteiger charge is -2.47. The molecule has 3 atom stereocenters. The normalized spacial score (nSPS) is 21.1. The summed E-state index contributed by atoms with van der Waals surface area (Å²) < 4.78 is 11.6. The van der Waals surface area contributed by atoms with Crippen LogP contribution in [0.25, 0.3) is 0 Å². The Bertz CT molecular complexity index is 1060. The van der Waals surface area contributed by atoms with Gasteiger partial charge in [0.1, 0.15) is 18.6 Å². The van der Waals surface area contributed by atoms with Crippen molar-refractivity contribution >= 4 is 43.9 Å². The SMILES string of the molecule is CC(=CC=O)SC1=C(C(=O)OCc2ccc([N+](=O)[O-])cc2)N2C(=O)[C@@H]([C@H](C)O[Si](C)(C)C)[C@H]2C1. The number of aldehydes is 1. The van der Waals surface area contributed by atoms with Crippen LogP contribution in [-0.4, -0.2) is 48.4 Å². The molecule has 34 heavy (non-hydrogen) atoms. The summed E-state index contributed by atoms with van der Waals surface area (Å²) in [7, 11) is -1.86. The average Bonchev–Trinajstić information content (AvgIpc) is 3.05. The Labute approximate surface area is 203 Å². The fourth-order valence-corrected chi connectivity index (χ4v) is 6.49. The Morgan fingerprint density at radius 3 is 2.53 bits per heavy atom. The molecule has 0 unspecified atom stereocenters. The van der Waals surface area contributed by atoms with E-state index in [1.165, 1.54) is 47.0 Å². The molecule has 9 nitrogen and oxygen atoms in total. The van der Waals surface area contributed by atoms with E-state index in [9.17, 15) is 24.5 Å². The van der Waals surface area contributed by atoms with Crippen LogP contribution < -0.4 is 0 Å². The van der Waals surface area contributed by atoms with Gasteiger partial charge in [-0.15, -0.1) is 0 Å². The van der Waals surface area contributed by atoms with Crippen molar-refractivity contribution in [3.8, 4) is 0 Å². The van der Waals surface area contributed by atoms with Crippen LogP contribution in [0.5, 0.6) is 0 Å². The molecule has 1 fully saturated rings. The molecular weight excluding hydrogens is 476 g/mol. The van der Waals surface area contributed by atoms with Gasteiger partial charge < -0.3 is 14.1 Å². The Hall–Kier alpha value is -2.76. The van der Waals surface area contributed by atoms with Crippen molar-refractivity contribution < 1.29 is 28.5 Å². The van der Waals surface area contributed by atoms with Crippen molar-refractivity contribution in [2.45, 2.75) is 58.7 Å². The van der Waals surface area contributed by atoms with Crippen molar-refractivity contribution in [3.05, 3.63) is 61.5 Å². The highest BCUT2D eigenvalue weighted by Crippen LogP contribution is 2.49. The monoisotopic (exact) mass is 504 g/mol. The lowest BCUT2D eigenvalue weighted by molar-refractivity contribution is -0.384. The summed E-state index contributed by atoms with van der Waals surface area (Å²) in [6.45, 7) is 9.76. The fourth-order valence-electron chi connectivity index (χ4n) is 4.18. The molecule has 2 heterocycles. The standard InChI is InChI=1S/C23H28N2O7SSi/c1-14(10-11-26)33-19-12-18-20(15(2)32-34(3,4)5)22(27)24(18)21(19)23(28)31-13-16-6-8-17(9-7-16)25(29)30/h6-11,15,18,20H,12-13H2,1-5H3/t15-,18+,20-/m0/s1. The molecule has 1 saturated heterocycles. The second-order valence-electron chi connectivity index (χ2n) is 9.23. The van der Waals surface area contributed by atoms with Crippen LogP contribution in [0.4, 0.5) is 5.69 Å². The number of non-ortho nitro benzene ring substituents is 1. The first-order valence-electron chi connectivity index (χ1n) is 10.9. The first kappa shape index (κ1) is 25.9. The minimum atomic E-state index is -1.86. The first-order valence-corrected chi connectivity index (χ1v) is 15.1. The van der Waals surface area contributed by atoms with E-state index in [1.807, 2.05) is 6.92 Å². The molecule has 0 saturated carbocycles. The highest BCUT2D eigenvalue weighted by Gasteiger charge is 2.57. The van der Waals surface area contributed by atoms with Crippen molar-refractivity contribution in [1.29, 1.82) is 0 Å². The number of nitro groups is 1. The number of esters is 1.